The van der Waals surface area contributed by atoms with E-state index < -0.39 is 0 Å². The van der Waals surface area contributed by atoms with Crippen LogP contribution < -0.4 is 0 Å². The Bertz CT molecular complexity index is 342. The van der Waals surface area contributed by atoms with Gasteiger partial charge in [-0.25, -0.2) is 4.98 Å². The number of pyridine rings is 1. The fraction of sp³-hybridized carbons (Fsp3) is 0.455. The number of ether oxygens (including phenoxy) is 1. The minimum Gasteiger partial charge on any atom is -0.469 e. The maximum absolute atomic E-state index is 11.1. The third-order valence-electron chi connectivity index (χ3n) is 2.03. The van der Waals surface area contributed by atoms with Crippen LogP contribution in [0.2, 0.25) is 5.15 Å². The topological polar surface area (TPSA) is 39.2 Å². The van der Waals surface area contributed by atoms with Crippen LogP contribution in [0.3, 0.4) is 0 Å². The number of aromatic nitrogens is 1. The number of hydrogen-bond donors (Lipinski definition) is 0. The van der Waals surface area contributed by atoms with Crippen molar-refractivity contribution in [3.8, 4) is 0 Å². The van der Waals surface area contributed by atoms with Gasteiger partial charge in [0.2, 0.25) is 0 Å². The number of carbonyl (C=O) groups excluding carboxylic acids is 1. The molecule has 1 aromatic rings. The second-order valence-corrected chi connectivity index (χ2v) is 4.85. The van der Waals surface area contributed by atoms with Crippen LogP contribution in [0.15, 0.2) is 18.3 Å². The quantitative estimate of drug-likeness (QED) is 0.602. The first-order valence-corrected chi connectivity index (χ1v) is 6.42. The van der Waals surface area contributed by atoms with Crippen LogP contribution in [0.4, 0.5) is 0 Å². The highest BCUT2D eigenvalue weighted by atomic mass is 35.5. The normalized spacial score (nSPS) is 12.2. The Labute approximate surface area is 105 Å². The molecule has 0 N–H and O–H groups in total. The molecule has 1 rings (SSSR count). The third kappa shape index (κ3) is 4.41. The van der Waals surface area contributed by atoms with Gasteiger partial charge in [0.1, 0.15) is 5.15 Å². The highest BCUT2D eigenvalue weighted by Crippen LogP contribution is 2.16. The molecule has 0 aliphatic heterocycles. The molecule has 0 saturated heterocycles. The first kappa shape index (κ1) is 13.3. The van der Waals surface area contributed by atoms with E-state index in [1.807, 2.05) is 13.0 Å². The van der Waals surface area contributed by atoms with Crippen LogP contribution in [0.25, 0.3) is 0 Å². The van der Waals surface area contributed by atoms with E-state index in [9.17, 15) is 4.79 Å². The van der Waals surface area contributed by atoms with E-state index in [4.69, 9.17) is 11.6 Å². The highest BCUT2D eigenvalue weighted by molar-refractivity contribution is 7.98. The van der Waals surface area contributed by atoms with Gasteiger partial charge in [-0.2, -0.15) is 11.8 Å². The maximum Gasteiger partial charge on any atom is 0.309 e. The third-order valence-corrected chi connectivity index (χ3v) is 3.53. The SMILES string of the molecule is COC(=O)C(C)CSCc1ccc(Cl)nc1. The molecule has 0 bridgehead atoms. The molecule has 0 aromatic carbocycles. The van der Waals surface area contributed by atoms with Crippen LogP contribution in [-0.4, -0.2) is 23.8 Å². The summed E-state index contributed by atoms with van der Waals surface area (Å²) in [5.74, 6) is 1.33. The Balaban J connectivity index is 2.30. The van der Waals surface area contributed by atoms with Gasteiger partial charge < -0.3 is 4.74 Å². The molecule has 5 heteroatoms. The molecule has 1 atom stereocenters. The summed E-state index contributed by atoms with van der Waals surface area (Å²) in [5.41, 5.74) is 1.10. The van der Waals surface area contributed by atoms with Crippen molar-refractivity contribution in [2.45, 2.75) is 12.7 Å². The molecule has 0 amide bonds. The zero-order valence-corrected chi connectivity index (χ0v) is 10.8. The number of nitrogens with zero attached hydrogens (tertiary/aromatic N) is 1. The van der Waals surface area contributed by atoms with E-state index in [1.165, 1.54) is 7.11 Å². The van der Waals surface area contributed by atoms with E-state index in [-0.39, 0.29) is 11.9 Å². The first-order valence-electron chi connectivity index (χ1n) is 4.89. The second-order valence-electron chi connectivity index (χ2n) is 3.43. The molecule has 1 heterocycles. The van der Waals surface area contributed by atoms with E-state index in [0.29, 0.717) is 5.15 Å². The second kappa shape index (κ2) is 6.76. The van der Waals surface area contributed by atoms with Gasteiger partial charge in [0, 0.05) is 17.7 Å². The Morgan fingerprint density at radius 3 is 2.94 bits per heavy atom. The zero-order chi connectivity index (χ0) is 12.0. The minimum atomic E-state index is -0.165. The molecular formula is C11H14ClNO2S. The highest BCUT2D eigenvalue weighted by Gasteiger charge is 2.12. The lowest BCUT2D eigenvalue weighted by atomic mass is 10.2. The van der Waals surface area contributed by atoms with Gasteiger partial charge in [0.05, 0.1) is 13.0 Å². The van der Waals surface area contributed by atoms with Crippen molar-refractivity contribution < 1.29 is 9.53 Å². The molecule has 3 nitrogen and oxygen atoms in total. The Hall–Kier alpha value is -0.740. The molecule has 0 aliphatic carbocycles. The smallest absolute Gasteiger partial charge is 0.309 e. The number of hydrogen-bond acceptors (Lipinski definition) is 4. The molecule has 0 spiro atoms. The minimum absolute atomic E-state index is 0.0738. The predicted octanol–water partition coefficient (Wildman–Crippen LogP) is 2.78. The van der Waals surface area contributed by atoms with E-state index in [1.54, 1.807) is 24.0 Å². The lowest BCUT2D eigenvalue weighted by Gasteiger charge is -2.08. The summed E-state index contributed by atoms with van der Waals surface area (Å²) in [7, 11) is 1.41. The van der Waals surface area contributed by atoms with Crippen molar-refractivity contribution >= 4 is 29.3 Å². The zero-order valence-electron chi connectivity index (χ0n) is 9.27. The van der Waals surface area contributed by atoms with Gasteiger partial charge in [-0.3, -0.25) is 4.79 Å². The van der Waals surface area contributed by atoms with Gasteiger partial charge in [0.15, 0.2) is 0 Å². The molecule has 88 valence electrons. The maximum atomic E-state index is 11.1. The molecule has 0 saturated carbocycles. The summed E-state index contributed by atoms with van der Waals surface area (Å²) in [4.78, 5) is 15.1. The summed E-state index contributed by atoms with van der Waals surface area (Å²) < 4.78 is 4.65. The largest absolute Gasteiger partial charge is 0.469 e. The van der Waals surface area contributed by atoms with Crippen LogP contribution in [0, 0.1) is 5.92 Å². The lowest BCUT2D eigenvalue weighted by Crippen LogP contribution is -2.14. The Morgan fingerprint density at radius 2 is 2.38 bits per heavy atom. The molecule has 1 unspecified atom stereocenters. The monoisotopic (exact) mass is 259 g/mol. The Morgan fingerprint density at radius 1 is 1.62 bits per heavy atom. The summed E-state index contributed by atoms with van der Waals surface area (Å²) in [6.45, 7) is 1.86. The molecule has 16 heavy (non-hydrogen) atoms. The number of rotatable bonds is 5. The van der Waals surface area contributed by atoms with Crippen molar-refractivity contribution in [1.29, 1.82) is 0 Å². The number of halogens is 1. The van der Waals surface area contributed by atoms with Gasteiger partial charge in [-0.05, 0) is 11.6 Å². The standard InChI is InChI=1S/C11H14ClNO2S/c1-8(11(14)15-2)6-16-7-9-3-4-10(12)13-5-9/h3-5,8H,6-7H2,1-2H3. The van der Waals surface area contributed by atoms with Crippen LogP contribution in [-0.2, 0) is 15.3 Å². The molecule has 0 radical (unpaired) electrons. The van der Waals surface area contributed by atoms with Crippen LogP contribution >= 0.6 is 23.4 Å². The number of carbonyl (C=O) groups is 1. The van der Waals surface area contributed by atoms with Crippen molar-refractivity contribution in [1.82, 2.24) is 4.98 Å². The van der Waals surface area contributed by atoms with E-state index in [2.05, 4.69) is 9.72 Å². The summed E-state index contributed by atoms with van der Waals surface area (Å²) in [5, 5.41) is 0.497. The number of esters is 1. The average molecular weight is 260 g/mol. The summed E-state index contributed by atoms with van der Waals surface area (Å²) >= 11 is 7.36. The average Bonchev–Trinajstić information content (AvgIpc) is 2.30. The molecule has 0 aliphatic rings. The molecular weight excluding hydrogens is 246 g/mol. The number of thioether (sulfide) groups is 1. The van der Waals surface area contributed by atoms with E-state index in [0.717, 1.165) is 17.1 Å². The fourth-order valence-electron chi connectivity index (χ4n) is 1.11. The van der Waals surface area contributed by atoms with Crippen molar-refractivity contribution in [2.75, 3.05) is 12.9 Å². The first-order chi connectivity index (χ1) is 7.63. The molecule has 1 aromatic heterocycles. The fourth-order valence-corrected chi connectivity index (χ4v) is 2.24. The van der Waals surface area contributed by atoms with Crippen molar-refractivity contribution in [3.63, 3.8) is 0 Å². The van der Waals surface area contributed by atoms with Gasteiger partial charge in [-0.1, -0.05) is 24.6 Å². The number of methoxy groups -OCH3 is 1. The van der Waals surface area contributed by atoms with Gasteiger partial charge in [-0.15, -0.1) is 0 Å². The summed E-state index contributed by atoms with van der Waals surface area (Å²) in [6, 6.07) is 3.70. The predicted molar refractivity (Wildman–Crippen MR) is 66.6 cm³/mol. The lowest BCUT2D eigenvalue weighted by molar-refractivity contribution is -0.143. The van der Waals surface area contributed by atoms with Crippen LogP contribution in [0.5, 0.6) is 0 Å². The molecule has 0 fully saturated rings. The van der Waals surface area contributed by atoms with Crippen molar-refractivity contribution in [2.24, 2.45) is 5.92 Å². The van der Waals surface area contributed by atoms with Crippen LogP contribution in [0.1, 0.15) is 12.5 Å². The van der Waals surface area contributed by atoms with Crippen molar-refractivity contribution in [3.05, 3.63) is 29.0 Å². The van der Waals surface area contributed by atoms with Gasteiger partial charge >= 0.3 is 5.97 Å². The summed E-state index contributed by atoms with van der Waals surface area (Å²) in [6.07, 6.45) is 1.75. The Kier molecular flexibility index (Phi) is 5.63. The van der Waals surface area contributed by atoms with E-state index >= 15 is 0 Å². The van der Waals surface area contributed by atoms with Gasteiger partial charge in [0.25, 0.3) is 0 Å².